The maximum Gasteiger partial charge on any atom is 0.406 e. The summed E-state index contributed by atoms with van der Waals surface area (Å²) >= 11 is 9.00. The van der Waals surface area contributed by atoms with E-state index in [-0.39, 0.29) is 22.5 Å². The molecular weight excluding hydrogens is 346 g/mol. The molecule has 19 heavy (non-hydrogen) atoms. The van der Waals surface area contributed by atoms with E-state index in [9.17, 15) is 18.0 Å². The molecule has 0 aliphatic rings. The topological polar surface area (TPSA) is 20.3 Å². The minimum absolute atomic E-state index is 0.0391. The van der Waals surface area contributed by atoms with Crippen LogP contribution in [0, 0.1) is 6.92 Å². The van der Waals surface area contributed by atoms with Crippen LogP contribution in [0.2, 0.25) is 5.02 Å². The Hall–Kier alpha value is -0.750. The number of carbonyl (C=O) groups is 1. The van der Waals surface area contributed by atoms with Gasteiger partial charge < -0.3 is 4.90 Å². The van der Waals surface area contributed by atoms with E-state index in [4.69, 9.17) is 11.6 Å². The van der Waals surface area contributed by atoms with Crippen molar-refractivity contribution >= 4 is 33.4 Å². The van der Waals surface area contributed by atoms with Gasteiger partial charge in [0, 0.05) is 11.9 Å². The highest BCUT2D eigenvalue weighted by Crippen LogP contribution is 2.24. The van der Waals surface area contributed by atoms with Crippen LogP contribution in [0.5, 0.6) is 0 Å². The summed E-state index contributed by atoms with van der Waals surface area (Å²) in [6, 6.07) is 4.71. The van der Waals surface area contributed by atoms with E-state index in [2.05, 4.69) is 15.9 Å². The molecule has 0 fully saturated rings. The highest BCUT2D eigenvalue weighted by Gasteiger charge is 2.33. The van der Waals surface area contributed by atoms with Crippen LogP contribution in [-0.4, -0.2) is 35.4 Å². The second kappa shape index (κ2) is 6.61. The molecule has 2 nitrogen and oxygen atoms in total. The van der Waals surface area contributed by atoms with Crippen molar-refractivity contribution in [1.29, 1.82) is 0 Å². The first-order valence-corrected chi connectivity index (χ1v) is 6.93. The van der Waals surface area contributed by atoms with Gasteiger partial charge in [-0.3, -0.25) is 4.79 Å². The zero-order valence-corrected chi connectivity index (χ0v) is 12.4. The molecule has 0 aliphatic carbocycles. The minimum atomic E-state index is -4.44. The third-order valence-electron chi connectivity index (χ3n) is 2.43. The molecule has 106 valence electrons. The predicted octanol–water partition coefficient (Wildman–Crippen LogP) is 4.05. The maximum absolute atomic E-state index is 12.4. The monoisotopic (exact) mass is 357 g/mol. The van der Waals surface area contributed by atoms with Crippen LogP contribution in [0.25, 0.3) is 0 Å². The molecule has 0 bridgehead atoms. The van der Waals surface area contributed by atoms with Gasteiger partial charge in [0.05, 0.1) is 10.6 Å². The highest BCUT2D eigenvalue weighted by atomic mass is 79.9. The fourth-order valence-electron chi connectivity index (χ4n) is 1.55. The molecule has 0 saturated heterocycles. The molecule has 0 unspecified atom stereocenters. The Kier molecular flexibility index (Phi) is 5.67. The van der Waals surface area contributed by atoms with Crippen LogP contribution in [0.3, 0.4) is 0 Å². The standard InChI is InChI=1S/C12H12BrClF3NO/c1-8-3-2-4-9(10(8)14)11(19)18(6-5-13)7-12(15,16)17/h2-4H,5-7H2,1H3. The minimum Gasteiger partial charge on any atom is -0.329 e. The molecule has 0 atom stereocenters. The van der Waals surface area contributed by atoms with Crippen LogP contribution < -0.4 is 0 Å². The second-order valence-electron chi connectivity index (χ2n) is 3.97. The third kappa shape index (κ3) is 4.69. The first-order chi connectivity index (χ1) is 8.76. The molecule has 7 heteroatoms. The van der Waals surface area contributed by atoms with Crippen LogP contribution >= 0.6 is 27.5 Å². The lowest BCUT2D eigenvalue weighted by Gasteiger charge is -2.23. The summed E-state index contributed by atoms with van der Waals surface area (Å²) in [5.74, 6) is -0.717. The highest BCUT2D eigenvalue weighted by molar-refractivity contribution is 9.09. The van der Waals surface area contributed by atoms with Gasteiger partial charge in [-0.05, 0) is 18.6 Å². The van der Waals surface area contributed by atoms with Crippen molar-refractivity contribution in [2.24, 2.45) is 0 Å². The number of halogens is 5. The summed E-state index contributed by atoms with van der Waals surface area (Å²) in [4.78, 5) is 12.8. The predicted molar refractivity (Wildman–Crippen MR) is 71.9 cm³/mol. The maximum atomic E-state index is 12.4. The van der Waals surface area contributed by atoms with Crippen LogP contribution in [0.1, 0.15) is 15.9 Å². The lowest BCUT2D eigenvalue weighted by atomic mass is 10.1. The second-order valence-corrected chi connectivity index (χ2v) is 5.14. The quantitative estimate of drug-likeness (QED) is 0.744. The van der Waals surface area contributed by atoms with E-state index in [0.29, 0.717) is 5.56 Å². The van der Waals surface area contributed by atoms with E-state index < -0.39 is 18.6 Å². The molecular formula is C12H12BrClF3NO. The smallest absolute Gasteiger partial charge is 0.329 e. The molecule has 0 aromatic heterocycles. The summed E-state index contributed by atoms with van der Waals surface area (Å²) < 4.78 is 37.3. The van der Waals surface area contributed by atoms with Crippen LogP contribution in [0.4, 0.5) is 13.2 Å². The largest absolute Gasteiger partial charge is 0.406 e. The number of aryl methyl sites for hydroxylation is 1. The summed E-state index contributed by atoms with van der Waals surface area (Å²) in [5, 5.41) is 0.451. The third-order valence-corrected chi connectivity index (χ3v) is 3.29. The fraction of sp³-hybridized carbons (Fsp3) is 0.417. The molecule has 1 aromatic rings. The van der Waals surface area contributed by atoms with Crippen molar-refractivity contribution in [3.63, 3.8) is 0 Å². The van der Waals surface area contributed by atoms with Gasteiger partial charge in [-0.1, -0.05) is 39.7 Å². The Labute approximate surface area is 122 Å². The fourth-order valence-corrected chi connectivity index (χ4v) is 2.19. The SMILES string of the molecule is Cc1cccc(C(=O)N(CCBr)CC(F)(F)F)c1Cl. The molecule has 0 saturated carbocycles. The first-order valence-electron chi connectivity index (χ1n) is 5.43. The number of alkyl halides is 4. The zero-order valence-electron chi connectivity index (χ0n) is 10.1. The molecule has 0 N–H and O–H groups in total. The molecule has 1 amide bonds. The first kappa shape index (κ1) is 16.3. The summed E-state index contributed by atoms with van der Waals surface area (Å²) in [6.07, 6.45) is -4.44. The van der Waals surface area contributed by atoms with Gasteiger partial charge >= 0.3 is 6.18 Å². The lowest BCUT2D eigenvalue weighted by Crippen LogP contribution is -2.40. The number of benzene rings is 1. The van der Waals surface area contributed by atoms with Gasteiger partial charge in [0.15, 0.2) is 0 Å². The Morgan fingerprint density at radius 2 is 2.05 bits per heavy atom. The number of hydrogen-bond donors (Lipinski definition) is 0. The van der Waals surface area contributed by atoms with Crippen LogP contribution in [0.15, 0.2) is 18.2 Å². The Morgan fingerprint density at radius 3 is 2.58 bits per heavy atom. The van der Waals surface area contributed by atoms with E-state index in [0.717, 1.165) is 4.90 Å². The van der Waals surface area contributed by atoms with Crippen LogP contribution in [-0.2, 0) is 0 Å². The zero-order chi connectivity index (χ0) is 14.6. The molecule has 0 heterocycles. The van der Waals surface area contributed by atoms with Gasteiger partial charge in [0.2, 0.25) is 0 Å². The lowest BCUT2D eigenvalue weighted by molar-refractivity contribution is -0.140. The summed E-state index contributed by atoms with van der Waals surface area (Å²) in [6.45, 7) is 0.363. The van der Waals surface area contributed by atoms with E-state index in [1.165, 1.54) is 6.07 Å². The van der Waals surface area contributed by atoms with Gasteiger partial charge in [0.25, 0.3) is 5.91 Å². The van der Waals surface area contributed by atoms with Crippen molar-refractivity contribution < 1.29 is 18.0 Å². The van der Waals surface area contributed by atoms with Gasteiger partial charge in [-0.15, -0.1) is 0 Å². The average molecular weight is 359 g/mol. The number of carbonyl (C=O) groups excluding carboxylic acids is 1. The average Bonchev–Trinajstić information content (AvgIpc) is 2.30. The van der Waals surface area contributed by atoms with Crippen molar-refractivity contribution in [3.05, 3.63) is 34.3 Å². The normalized spacial score (nSPS) is 11.5. The number of hydrogen-bond acceptors (Lipinski definition) is 1. The van der Waals surface area contributed by atoms with Crippen molar-refractivity contribution in [3.8, 4) is 0 Å². The van der Waals surface area contributed by atoms with Crippen molar-refractivity contribution in [2.45, 2.75) is 13.1 Å². The van der Waals surface area contributed by atoms with Crippen molar-refractivity contribution in [2.75, 3.05) is 18.4 Å². The number of rotatable bonds is 4. The Balaban J connectivity index is 3.02. The Bertz CT molecular complexity index is 465. The molecule has 0 radical (unpaired) electrons. The number of amides is 1. The number of nitrogens with zero attached hydrogens (tertiary/aromatic N) is 1. The van der Waals surface area contributed by atoms with Gasteiger partial charge in [-0.25, -0.2) is 0 Å². The van der Waals surface area contributed by atoms with Crippen molar-refractivity contribution in [1.82, 2.24) is 4.90 Å². The van der Waals surface area contributed by atoms with E-state index in [1.54, 1.807) is 19.1 Å². The summed E-state index contributed by atoms with van der Waals surface area (Å²) in [5.41, 5.74) is 0.741. The van der Waals surface area contributed by atoms with E-state index >= 15 is 0 Å². The molecule has 0 spiro atoms. The molecule has 0 aliphatic heterocycles. The Morgan fingerprint density at radius 1 is 1.42 bits per heavy atom. The van der Waals surface area contributed by atoms with Gasteiger partial charge in [0.1, 0.15) is 6.54 Å². The van der Waals surface area contributed by atoms with Gasteiger partial charge in [-0.2, -0.15) is 13.2 Å². The molecule has 1 aromatic carbocycles. The van der Waals surface area contributed by atoms with E-state index in [1.807, 2.05) is 0 Å². The summed E-state index contributed by atoms with van der Waals surface area (Å²) in [7, 11) is 0. The molecule has 1 rings (SSSR count).